The highest BCUT2D eigenvalue weighted by Gasteiger charge is 2.34. The van der Waals surface area contributed by atoms with Crippen LogP contribution in [0.5, 0.6) is 0 Å². The molecular formula is C11H21N. The average molecular weight is 167 g/mol. The van der Waals surface area contributed by atoms with E-state index in [1.165, 1.54) is 38.8 Å². The maximum absolute atomic E-state index is 2.71. The van der Waals surface area contributed by atoms with Gasteiger partial charge in [0.05, 0.1) is 0 Å². The summed E-state index contributed by atoms with van der Waals surface area (Å²) in [5.74, 6) is 2.06. The quantitative estimate of drug-likeness (QED) is 0.624. The van der Waals surface area contributed by atoms with E-state index in [9.17, 15) is 0 Å². The lowest BCUT2D eigenvalue weighted by molar-refractivity contribution is 0.226. The molecule has 1 saturated carbocycles. The molecule has 0 aromatic heterocycles. The van der Waals surface area contributed by atoms with E-state index in [0.717, 1.165) is 17.9 Å². The summed E-state index contributed by atoms with van der Waals surface area (Å²) in [6.45, 7) is 7.51. The van der Waals surface area contributed by atoms with Crippen LogP contribution in [-0.4, -0.2) is 24.0 Å². The van der Waals surface area contributed by atoms with Gasteiger partial charge in [0.15, 0.2) is 0 Å². The van der Waals surface area contributed by atoms with Crippen LogP contribution in [0, 0.1) is 11.8 Å². The molecule has 0 bridgehead atoms. The van der Waals surface area contributed by atoms with Crippen LogP contribution < -0.4 is 0 Å². The van der Waals surface area contributed by atoms with Crippen molar-refractivity contribution in [2.45, 2.75) is 45.6 Å². The largest absolute Gasteiger partial charge is 0.300 e. The van der Waals surface area contributed by atoms with Gasteiger partial charge in [-0.05, 0) is 44.6 Å². The molecule has 1 heterocycles. The summed E-state index contributed by atoms with van der Waals surface area (Å²) in [6, 6.07) is 0.890. The normalized spacial score (nSPS) is 34.0. The second kappa shape index (κ2) is 3.37. The van der Waals surface area contributed by atoms with E-state index in [0.29, 0.717) is 0 Å². The van der Waals surface area contributed by atoms with E-state index in [1.54, 1.807) is 0 Å². The molecule has 2 unspecified atom stereocenters. The van der Waals surface area contributed by atoms with Crippen LogP contribution in [0.1, 0.15) is 39.5 Å². The van der Waals surface area contributed by atoms with Crippen LogP contribution in [0.2, 0.25) is 0 Å². The first-order chi connectivity index (χ1) is 5.81. The van der Waals surface area contributed by atoms with Gasteiger partial charge in [-0.15, -0.1) is 0 Å². The zero-order valence-corrected chi connectivity index (χ0v) is 8.42. The number of hydrogen-bond donors (Lipinski definition) is 0. The maximum atomic E-state index is 2.71. The third-order valence-corrected chi connectivity index (χ3v) is 3.77. The summed E-state index contributed by atoms with van der Waals surface area (Å²) in [6.07, 6.45) is 5.82. The molecular weight excluding hydrogens is 146 g/mol. The first-order valence-corrected chi connectivity index (χ1v) is 5.55. The van der Waals surface area contributed by atoms with Crippen molar-refractivity contribution >= 4 is 0 Å². The van der Waals surface area contributed by atoms with Crippen molar-refractivity contribution in [1.29, 1.82) is 0 Å². The minimum atomic E-state index is 0.890. The molecule has 12 heavy (non-hydrogen) atoms. The predicted molar refractivity (Wildman–Crippen MR) is 52.2 cm³/mol. The van der Waals surface area contributed by atoms with E-state index in [4.69, 9.17) is 0 Å². The van der Waals surface area contributed by atoms with Crippen LogP contribution in [0.15, 0.2) is 0 Å². The Morgan fingerprint density at radius 1 is 1.33 bits per heavy atom. The molecule has 0 radical (unpaired) electrons. The van der Waals surface area contributed by atoms with Crippen molar-refractivity contribution < 1.29 is 0 Å². The molecule has 70 valence electrons. The van der Waals surface area contributed by atoms with Crippen LogP contribution in [0.4, 0.5) is 0 Å². The molecule has 1 aliphatic heterocycles. The van der Waals surface area contributed by atoms with Crippen molar-refractivity contribution in [2.24, 2.45) is 11.8 Å². The van der Waals surface area contributed by atoms with Crippen LogP contribution in [0.25, 0.3) is 0 Å². The molecule has 2 atom stereocenters. The highest BCUT2D eigenvalue weighted by Crippen LogP contribution is 2.37. The Morgan fingerprint density at radius 3 is 2.58 bits per heavy atom. The summed E-state index contributed by atoms with van der Waals surface area (Å²) in [5, 5.41) is 0. The number of nitrogens with zero attached hydrogens (tertiary/aromatic N) is 1. The second-order valence-corrected chi connectivity index (χ2v) is 4.64. The first-order valence-electron chi connectivity index (χ1n) is 5.55. The molecule has 1 nitrogen and oxygen atoms in total. The maximum Gasteiger partial charge on any atom is 0.00953 e. The van der Waals surface area contributed by atoms with Gasteiger partial charge in [0, 0.05) is 12.6 Å². The average Bonchev–Trinajstić information content (AvgIpc) is 2.82. The lowest BCUT2D eigenvalue weighted by Gasteiger charge is -2.23. The molecule has 0 aromatic carbocycles. The lowest BCUT2D eigenvalue weighted by Crippen LogP contribution is -2.32. The van der Waals surface area contributed by atoms with E-state index in [-0.39, 0.29) is 0 Å². The van der Waals surface area contributed by atoms with Crippen LogP contribution in [-0.2, 0) is 0 Å². The third kappa shape index (κ3) is 1.66. The lowest BCUT2D eigenvalue weighted by atomic mass is 10.1. The molecule has 2 fully saturated rings. The predicted octanol–water partition coefficient (Wildman–Crippen LogP) is 2.52. The molecule has 2 rings (SSSR count). The molecule has 0 amide bonds. The molecule has 1 saturated heterocycles. The summed E-state index contributed by atoms with van der Waals surface area (Å²) < 4.78 is 0. The highest BCUT2D eigenvalue weighted by molar-refractivity contribution is 4.88. The van der Waals surface area contributed by atoms with Gasteiger partial charge < -0.3 is 4.90 Å². The summed E-state index contributed by atoms with van der Waals surface area (Å²) in [4.78, 5) is 2.71. The Bertz CT molecular complexity index is 151. The van der Waals surface area contributed by atoms with Crippen molar-refractivity contribution in [2.75, 3.05) is 13.1 Å². The zero-order chi connectivity index (χ0) is 8.55. The molecule has 2 aliphatic rings. The SMILES string of the molecule is CCC1CCN(C(C)C2CC2)C1. The van der Waals surface area contributed by atoms with E-state index in [2.05, 4.69) is 18.7 Å². The molecule has 1 aliphatic carbocycles. The first kappa shape index (κ1) is 8.55. The van der Waals surface area contributed by atoms with Gasteiger partial charge in [-0.25, -0.2) is 0 Å². The molecule has 1 heteroatoms. The number of likely N-dealkylation sites (tertiary alicyclic amines) is 1. The number of rotatable bonds is 3. The minimum Gasteiger partial charge on any atom is -0.300 e. The molecule has 0 aromatic rings. The standard InChI is InChI=1S/C11H21N/c1-3-10-6-7-12(8-10)9(2)11-4-5-11/h9-11H,3-8H2,1-2H3. The Hall–Kier alpha value is -0.0400. The van der Waals surface area contributed by atoms with Crippen molar-refractivity contribution in [3.8, 4) is 0 Å². The van der Waals surface area contributed by atoms with Gasteiger partial charge in [-0.1, -0.05) is 13.3 Å². The fourth-order valence-corrected chi connectivity index (χ4v) is 2.44. The number of hydrogen-bond acceptors (Lipinski definition) is 1. The third-order valence-electron chi connectivity index (χ3n) is 3.77. The topological polar surface area (TPSA) is 3.24 Å². The Morgan fingerprint density at radius 2 is 2.08 bits per heavy atom. The Labute approximate surface area is 76.1 Å². The van der Waals surface area contributed by atoms with E-state index < -0.39 is 0 Å². The van der Waals surface area contributed by atoms with Crippen molar-refractivity contribution in [1.82, 2.24) is 4.90 Å². The van der Waals surface area contributed by atoms with E-state index >= 15 is 0 Å². The summed E-state index contributed by atoms with van der Waals surface area (Å²) in [5.41, 5.74) is 0. The second-order valence-electron chi connectivity index (χ2n) is 4.64. The van der Waals surface area contributed by atoms with Gasteiger partial charge in [-0.3, -0.25) is 0 Å². The van der Waals surface area contributed by atoms with Gasteiger partial charge in [0.2, 0.25) is 0 Å². The fourth-order valence-electron chi connectivity index (χ4n) is 2.44. The van der Waals surface area contributed by atoms with Crippen LogP contribution >= 0.6 is 0 Å². The molecule has 0 spiro atoms. The minimum absolute atomic E-state index is 0.890. The highest BCUT2D eigenvalue weighted by atomic mass is 15.2. The van der Waals surface area contributed by atoms with Gasteiger partial charge in [0.25, 0.3) is 0 Å². The zero-order valence-electron chi connectivity index (χ0n) is 8.42. The summed E-state index contributed by atoms with van der Waals surface area (Å²) in [7, 11) is 0. The van der Waals surface area contributed by atoms with Gasteiger partial charge in [-0.2, -0.15) is 0 Å². The van der Waals surface area contributed by atoms with Crippen molar-refractivity contribution in [3.05, 3.63) is 0 Å². The van der Waals surface area contributed by atoms with Gasteiger partial charge in [0.1, 0.15) is 0 Å². The summed E-state index contributed by atoms with van der Waals surface area (Å²) >= 11 is 0. The van der Waals surface area contributed by atoms with Gasteiger partial charge >= 0.3 is 0 Å². The Balaban J connectivity index is 1.81. The Kier molecular flexibility index (Phi) is 2.40. The smallest absolute Gasteiger partial charge is 0.00953 e. The van der Waals surface area contributed by atoms with E-state index in [1.807, 2.05) is 0 Å². The monoisotopic (exact) mass is 167 g/mol. The molecule has 0 N–H and O–H groups in total. The van der Waals surface area contributed by atoms with Crippen LogP contribution in [0.3, 0.4) is 0 Å². The van der Waals surface area contributed by atoms with Crippen molar-refractivity contribution in [3.63, 3.8) is 0 Å². The fraction of sp³-hybridized carbons (Fsp3) is 1.00.